The number of nitrogen functional groups attached to an aromatic ring is 1. The van der Waals surface area contributed by atoms with Gasteiger partial charge in [-0.15, -0.1) is 0 Å². The number of rotatable bonds is 12. The van der Waals surface area contributed by atoms with Gasteiger partial charge < -0.3 is 34.1 Å². The van der Waals surface area contributed by atoms with Gasteiger partial charge in [0.1, 0.15) is 11.6 Å². The van der Waals surface area contributed by atoms with Crippen molar-refractivity contribution in [3.63, 3.8) is 0 Å². The molecular formula is C16H23ClN5O6PS4. The summed E-state index contributed by atoms with van der Waals surface area (Å²) >= 11 is 7.22. The minimum Gasteiger partial charge on any atom is -0.390 e. The highest BCUT2D eigenvalue weighted by Crippen LogP contribution is 2.70. The Morgan fingerprint density at radius 1 is 1.33 bits per heavy atom. The predicted molar refractivity (Wildman–Crippen MR) is 135 cm³/mol. The van der Waals surface area contributed by atoms with E-state index in [0.717, 1.165) is 0 Å². The van der Waals surface area contributed by atoms with Crippen molar-refractivity contribution < 1.29 is 28.4 Å². The number of aliphatic hydroxyl groups is 2. The zero-order chi connectivity index (χ0) is 23.8. The van der Waals surface area contributed by atoms with E-state index in [9.17, 15) is 14.8 Å². The van der Waals surface area contributed by atoms with E-state index in [1.807, 2.05) is 0 Å². The van der Waals surface area contributed by atoms with Crippen LogP contribution in [0.2, 0.25) is 5.28 Å². The van der Waals surface area contributed by atoms with E-state index in [-0.39, 0.29) is 29.3 Å². The topological polar surface area (TPSA) is 177 Å². The molecule has 0 aromatic carbocycles. The number of imidazole rings is 1. The maximum Gasteiger partial charge on any atom is 0.226 e. The van der Waals surface area contributed by atoms with Gasteiger partial charge in [0, 0.05) is 23.1 Å². The molecule has 2 unspecified atom stereocenters. The molecule has 11 nitrogen and oxygen atoms in total. The molecule has 0 bridgehead atoms. The number of nitrogens with two attached hydrogens (primary N) is 1. The number of aliphatic hydroxyl groups excluding tert-OH is 2. The van der Waals surface area contributed by atoms with Crippen LogP contribution in [-0.2, 0) is 9.09 Å². The van der Waals surface area contributed by atoms with Gasteiger partial charge in [-0.25, -0.2) is 4.98 Å². The van der Waals surface area contributed by atoms with Crippen LogP contribution in [0.3, 0.4) is 0 Å². The van der Waals surface area contributed by atoms with Crippen LogP contribution in [0.4, 0.5) is 5.82 Å². The molecule has 0 spiro atoms. The smallest absolute Gasteiger partial charge is 0.226 e. The molecule has 184 valence electrons. The normalized spacial score (nSPS) is 30.5. The van der Waals surface area contributed by atoms with Crippen LogP contribution in [0, 0.1) is 11.3 Å². The minimum atomic E-state index is -2.55. The second-order valence-corrected chi connectivity index (χ2v) is 13.5. The maximum atomic E-state index is 12.9. The Morgan fingerprint density at radius 2 is 2.09 bits per heavy atom. The molecule has 2 saturated carbocycles. The van der Waals surface area contributed by atoms with Gasteiger partial charge >= 0.3 is 0 Å². The quantitative estimate of drug-likeness (QED) is 0.0818. The summed E-state index contributed by atoms with van der Waals surface area (Å²) in [5.41, 5.74) is 5.88. The first-order valence-electron chi connectivity index (χ1n) is 9.89. The number of aromatic nitrogens is 4. The molecule has 4 rings (SSSR count). The van der Waals surface area contributed by atoms with Crippen molar-refractivity contribution in [1.82, 2.24) is 19.5 Å². The van der Waals surface area contributed by atoms with Crippen molar-refractivity contribution in [3.8, 4) is 0 Å². The summed E-state index contributed by atoms with van der Waals surface area (Å²) < 4.78 is 38.3. The molecule has 17 heteroatoms. The van der Waals surface area contributed by atoms with Crippen molar-refractivity contribution in [3.05, 3.63) is 11.6 Å². The van der Waals surface area contributed by atoms with E-state index < -0.39 is 31.7 Å². The number of hydrogen-bond acceptors (Lipinski definition) is 14. The standard InChI is InChI=1S/C16H23ClN5O6PS4/c17-15-20-13(18)9-14(21-15)22(6-19-9)10-8-3-16(8,12(24)11(10)23)5-29(25)28-7(4-31-33-27)1-2-30-32-26/h6-8,10-12,23-24,26-27,29H,1-5H2,(H2,18,20,21)/t7?,8-,10-,11+,12+,16-/m1/s1. The van der Waals surface area contributed by atoms with Crippen LogP contribution in [-0.4, -0.2) is 74.8 Å². The zero-order valence-electron chi connectivity index (χ0n) is 17.0. The van der Waals surface area contributed by atoms with E-state index >= 15 is 0 Å². The first-order valence-corrected chi connectivity index (χ1v) is 16.3. The van der Waals surface area contributed by atoms with Crippen molar-refractivity contribution in [2.24, 2.45) is 11.3 Å². The Morgan fingerprint density at radius 3 is 2.82 bits per heavy atom. The van der Waals surface area contributed by atoms with Crippen LogP contribution in [0.15, 0.2) is 6.33 Å². The van der Waals surface area contributed by atoms with Gasteiger partial charge in [-0.1, -0.05) is 21.6 Å². The molecule has 6 N–H and O–H groups in total. The van der Waals surface area contributed by atoms with Gasteiger partial charge in [0.05, 0.1) is 46.7 Å². The third-order valence-corrected chi connectivity index (χ3v) is 10.6. The van der Waals surface area contributed by atoms with E-state index in [2.05, 4.69) is 15.0 Å². The Kier molecular flexibility index (Phi) is 8.71. The van der Waals surface area contributed by atoms with E-state index in [4.69, 9.17) is 31.0 Å². The Bertz CT molecular complexity index is 1030. The second-order valence-electron chi connectivity index (χ2n) is 8.00. The maximum absolute atomic E-state index is 12.9. The molecule has 0 radical (unpaired) electrons. The Balaban J connectivity index is 1.48. The van der Waals surface area contributed by atoms with Crippen LogP contribution in [0.5, 0.6) is 0 Å². The summed E-state index contributed by atoms with van der Waals surface area (Å²) in [6.07, 6.45) is 0.198. The van der Waals surface area contributed by atoms with Gasteiger partial charge in [-0.3, -0.25) is 4.57 Å². The molecule has 0 amide bonds. The fourth-order valence-electron chi connectivity index (χ4n) is 4.71. The number of halogens is 1. The summed E-state index contributed by atoms with van der Waals surface area (Å²) in [4.78, 5) is 12.3. The summed E-state index contributed by atoms with van der Waals surface area (Å²) in [5.74, 6) is 1.01. The largest absolute Gasteiger partial charge is 0.390 e. The number of hydrogen-bond donors (Lipinski definition) is 5. The van der Waals surface area contributed by atoms with Crippen LogP contribution >= 0.6 is 63.4 Å². The fraction of sp³-hybridized carbons (Fsp3) is 0.688. The van der Waals surface area contributed by atoms with Crippen LogP contribution in [0.1, 0.15) is 18.9 Å². The lowest BCUT2D eigenvalue weighted by molar-refractivity contribution is -0.0133. The molecular weight excluding hydrogens is 553 g/mol. The third kappa shape index (κ3) is 5.29. The molecule has 2 aromatic heterocycles. The molecule has 7 atom stereocenters. The first-order chi connectivity index (χ1) is 15.8. The lowest BCUT2D eigenvalue weighted by Gasteiger charge is -2.24. The number of fused-ring (bicyclic) bond motifs is 2. The predicted octanol–water partition coefficient (Wildman–Crippen LogP) is 3.30. The highest BCUT2D eigenvalue weighted by atomic mass is 35.5. The summed E-state index contributed by atoms with van der Waals surface area (Å²) in [5, 5.41) is 21.7. The van der Waals surface area contributed by atoms with Gasteiger partial charge in [0.2, 0.25) is 5.28 Å². The van der Waals surface area contributed by atoms with Gasteiger partial charge in [-0.05, 0) is 30.4 Å². The fourth-order valence-corrected chi connectivity index (χ4v) is 8.84. The Labute approximate surface area is 211 Å². The number of anilines is 1. The highest BCUT2D eigenvalue weighted by Gasteiger charge is 2.71. The molecule has 2 aliphatic carbocycles. The molecule has 2 aliphatic rings. The van der Waals surface area contributed by atoms with Crippen LogP contribution in [0.25, 0.3) is 11.2 Å². The molecule has 2 heterocycles. The summed E-state index contributed by atoms with van der Waals surface area (Å²) in [7, 11) is -0.115. The SMILES string of the molecule is Nc1nc(Cl)nc2c1ncn2[C@H]1[C@H](O)[C@H](O)[C@@]2(C[PH](=O)OC(CCSSO)CSSO)C[C@H]12. The summed E-state index contributed by atoms with van der Waals surface area (Å²) in [6, 6.07) is -0.528. The highest BCUT2D eigenvalue weighted by molar-refractivity contribution is 8.74. The minimum absolute atomic E-state index is 0.0435. The van der Waals surface area contributed by atoms with Gasteiger partial charge in [0.25, 0.3) is 0 Å². The second kappa shape index (κ2) is 11.0. The monoisotopic (exact) mass is 575 g/mol. The molecule has 0 aliphatic heterocycles. The van der Waals surface area contributed by atoms with E-state index in [1.54, 1.807) is 4.57 Å². The van der Waals surface area contributed by atoms with Crippen molar-refractivity contribution in [1.29, 1.82) is 0 Å². The van der Waals surface area contributed by atoms with Crippen molar-refractivity contribution in [2.45, 2.75) is 37.2 Å². The summed E-state index contributed by atoms with van der Waals surface area (Å²) in [6.45, 7) is 0. The van der Waals surface area contributed by atoms with Crippen LogP contribution < -0.4 is 5.73 Å². The molecule has 2 fully saturated rings. The van der Waals surface area contributed by atoms with Crippen molar-refractivity contribution in [2.75, 3.05) is 23.4 Å². The lowest BCUT2D eigenvalue weighted by atomic mass is 10.0. The van der Waals surface area contributed by atoms with E-state index in [0.29, 0.717) is 57.7 Å². The van der Waals surface area contributed by atoms with Gasteiger partial charge in [-0.2, -0.15) is 9.97 Å². The molecule has 2 aromatic rings. The average Bonchev–Trinajstić information content (AvgIpc) is 3.24. The molecule has 33 heavy (non-hydrogen) atoms. The molecule has 0 saturated heterocycles. The first kappa shape index (κ1) is 26.1. The van der Waals surface area contributed by atoms with Crippen molar-refractivity contribution >= 4 is 80.3 Å². The number of nitrogens with zero attached hydrogens (tertiary/aromatic N) is 4. The average molecular weight is 576 g/mol. The van der Waals surface area contributed by atoms with E-state index in [1.165, 1.54) is 27.9 Å². The zero-order valence-corrected chi connectivity index (χ0v) is 22.0. The Hall–Kier alpha value is 0.0700. The van der Waals surface area contributed by atoms with Gasteiger partial charge in [0.15, 0.2) is 19.5 Å². The lowest BCUT2D eigenvalue weighted by Crippen LogP contribution is -2.35. The third-order valence-electron chi connectivity index (χ3n) is 6.25.